The smallest absolute Gasteiger partial charge is 0.228 e. The van der Waals surface area contributed by atoms with E-state index in [1.807, 2.05) is 6.07 Å². The zero-order valence-corrected chi connectivity index (χ0v) is 17.9. The van der Waals surface area contributed by atoms with Gasteiger partial charge >= 0.3 is 0 Å². The third-order valence-corrected chi connectivity index (χ3v) is 5.91. The van der Waals surface area contributed by atoms with E-state index in [0.717, 1.165) is 55.5 Å². The summed E-state index contributed by atoms with van der Waals surface area (Å²) in [6.07, 6.45) is 3.91. The van der Waals surface area contributed by atoms with Gasteiger partial charge in [0.1, 0.15) is 0 Å². The molecule has 4 heteroatoms. The Morgan fingerprint density at radius 1 is 1.15 bits per heavy atom. The number of amides is 1. The quantitative estimate of drug-likeness (QED) is 0.665. The van der Waals surface area contributed by atoms with Gasteiger partial charge in [0, 0.05) is 23.2 Å². The van der Waals surface area contributed by atoms with Gasteiger partial charge in [0.15, 0.2) is 0 Å². The molecule has 3 nitrogen and oxygen atoms in total. The van der Waals surface area contributed by atoms with E-state index in [4.69, 9.17) is 0 Å². The van der Waals surface area contributed by atoms with Crippen LogP contribution in [-0.4, -0.2) is 23.9 Å². The summed E-state index contributed by atoms with van der Waals surface area (Å²) >= 11 is 3.54. The zero-order chi connectivity index (χ0) is 19.2. The number of anilines is 1. The van der Waals surface area contributed by atoms with Crippen LogP contribution in [0.4, 0.5) is 5.69 Å². The maximum absolute atomic E-state index is 13.0. The third-order valence-electron chi connectivity index (χ3n) is 5.42. The molecule has 0 saturated carbocycles. The summed E-state index contributed by atoms with van der Waals surface area (Å²) in [6.45, 7) is 7.07. The number of piperidine rings is 1. The van der Waals surface area contributed by atoms with E-state index in [1.165, 1.54) is 16.7 Å². The topological polar surface area (TPSA) is 32.3 Å². The minimum atomic E-state index is 0.0560. The number of halogens is 1. The van der Waals surface area contributed by atoms with Gasteiger partial charge in [-0.15, -0.1) is 0 Å². The Hall–Kier alpha value is -1.65. The number of carbonyl (C=O) groups excluding carboxylic acids is 1. The number of hydrogen-bond acceptors (Lipinski definition) is 2. The lowest BCUT2D eigenvalue weighted by molar-refractivity contribution is -0.121. The fourth-order valence-corrected chi connectivity index (χ4v) is 4.38. The first-order valence-electron chi connectivity index (χ1n) is 9.99. The number of nitrogens with one attached hydrogen (secondary N) is 1. The summed E-state index contributed by atoms with van der Waals surface area (Å²) in [5.41, 5.74) is 4.78. The number of likely N-dealkylation sites (tertiary alicyclic amines) is 1. The Morgan fingerprint density at radius 3 is 2.52 bits per heavy atom. The van der Waals surface area contributed by atoms with Gasteiger partial charge in [-0.1, -0.05) is 60.1 Å². The Kier molecular flexibility index (Phi) is 7.08. The van der Waals surface area contributed by atoms with E-state index < -0.39 is 0 Å². The molecule has 1 unspecified atom stereocenters. The van der Waals surface area contributed by atoms with Crippen LogP contribution in [0.25, 0.3) is 0 Å². The Balaban J connectivity index is 1.67. The molecule has 1 atom stereocenters. The minimum Gasteiger partial charge on any atom is -0.325 e. The van der Waals surface area contributed by atoms with Crippen LogP contribution in [0.2, 0.25) is 0 Å². The summed E-state index contributed by atoms with van der Waals surface area (Å²) in [5.74, 6) is 0.227. The molecule has 1 aliphatic rings. The fourth-order valence-electron chi connectivity index (χ4n) is 3.94. The lowest BCUT2D eigenvalue weighted by atomic mass is 9.95. The average molecular weight is 429 g/mol. The molecule has 0 spiro atoms. The van der Waals surface area contributed by atoms with Crippen LogP contribution in [0.15, 0.2) is 46.9 Å². The van der Waals surface area contributed by atoms with E-state index >= 15 is 0 Å². The summed E-state index contributed by atoms with van der Waals surface area (Å²) in [7, 11) is 0. The molecule has 1 saturated heterocycles. The first kappa shape index (κ1) is 20.1. The standard InChI is InChI=1S/C23H29BrN2O/c1-3-18-9-6-10-19(4-2)22(18)25-23(27)20-11-7-13-26(16-20)15-17-8-5-12-21(24)14-17/h5-6,8-10,12,14,20H,3-4,7,11,13,15-16H2,1-2H3,(H,25,27). The highest BCUT2D eigenvalue weighted by atomic mass is 79.9. The Labute approximate surface area is 171 Å². The molecule has 27 heavy (non-hydrogen) atoms. The zero-order valence-electron chi connectivity index (χ0n) is 16.3. The fraction of sp³-hybridized carbons (Fsp3) is 0.435. The van der Waals surface area contributed by atoms with Gasteiger partial charge in [-0.25, -0.2) is 0 Å². The Morgan fingerprint density at radius 2 is 1.85 bits per heavy atom. The second-order valence-electron chi connectivity index (χ2n) is 7.35. The molecule has 1 heterocycles. The summed E-state index contributed by atoms with van der Waals surface area (Å²) in [4.78, 5) is 15.4. The van der Waals surface area contributed by atoms with Crippen LogP contribution in [0.3, 0.4) is 0 Å². The second-order valence-corrected chi connectivity index (χ2v) is 8.27. The Bertz CT molecular complexity index is 767. The summed E-state index contributed by atoms with van der Waals surface area (Å²) < 4.78 is 1.11. The van der Waals surface area contributed by atoms with Crippen molar-refractivity contribution in [3.63, 3.8) is 0 Å². The number of benzene rings is 2. The van der Waals surface area contributed by atoms with E-state index in [-0.39, 0.29) is 11.8 Å². The molecule has 1 aliphatic heterocycles. The second kappa shape index (κ2) is 9.52. The van der Waals surface area contributed by atoms with Crippen molar-refractivity contribution in [3.8, 4) is 0 Å². The summed E-state index contributed by atoms with van der Waals surface area (Å²) in [6, 6.07) is 14.8. The SMILES string of the molecule is CCc1cccc(CC)c1NC(=O)C1CCCN(Cc2cccc(Br)c2)C1. The number of nitrogens with zero attached hydrogens (tertiary/aromatic N) is 1. The minimum absolute atomic E-state index is 0.0560. The number of carbonyl (C=O) groups is 1. The van der Waals surface area contributed by atoms with Gasteiger partial charge in [0.25, 0.3) is 0 Å². The number of para-hydroxylation sites is 1. The maximum Gasteiger partial charge on any atom is 0.228 e. The molecule has 1 fully saturated rings. The van der Waals surface area contributed by atoms with Crippen LogP contribution in [0, 0.1) is 5.92 Å². The van der Waals surface area contributed by atoms with E-state index in [9.17, 15) is 4.79 Å². The van der Waals surface area contributed by atoms with E-state index in [0.29, 0.717) is 0 Å². The molecule has 0 radical (unpaired) electrons. The predicted octanol–water partition coefficient (Wildman–Crippen LogP) is 5.42. The lowest BCUT2D eigenvalue weighted by Crippen LogP contribution is -2.40. The number of aryl methyl sites for hydroxylation is 2. The monoisotopic (exact) mass is 428 g/mol. The molecular weight excluding hydrogens is 400 g/mol. The van der Waals surface area contributed by atoms with Crippen molar-refractivity contribution in [2.75, 3.05) is 18.4 Å². The number of rotatable bonds is 6. The van der Waals surface area contributed by atoms with Crippen molar-refractivity contribution in [2.24, 2.45) is 5.92 Å². The highest BCUT2D eigenvalue weighted by Gasteiger charge is 2.26. The molecule has 1 amide bonds. The largest absolute Gasteiger partial charge is 0.325 e. The van der Waals surface area contributed by atoms with Crippen molar-refractivity contribution >= 4 is 27.5 Å². The first-order chi connectivity index (χ1) is 13.1. The van der Waals surface area contributed by atoms with Gasteiger partial charge in [0.2, 0.25) is 5.91 Å². The lowest BCUT2D eigenvalue weighted by Gasteiger charge is -2.32. The summed E-state index contributed by atoms with van der Waals surface area (Å²) in [5, 5.41) is 3.27. The maximum atomic E-state index is 13.0. The first-order valence-corrected chi connectivity index (χ1v) is 10.8. The highest BCUT2D eigenvalue weighted by molar-refractivity contribution is 9.10. The van der Waals surface area contributed by atoms with Crippen molar-refractivity contribution in [1.82, 2.24) is 4.90 Å². The van der Waals surface area contributed by atoms with Gasteiger partial charge < -0.3 is 5.32 Å². The van der Waals surface area contributed by atoms with Gasteiger partial charge in [0.05, 0.1) is 5.92 Å². The van der Waals surface area contributed by atoms with Crippen molar-refractivity contribution in [3.05, 3.63) is 63.6 Å². The van der Waals surface area contributed by atoms with E-state index in [1.54, 1.807) is 0 Å². The van der Waals surface area contributed by atoms with Crippen LogP contribution in [0.1, 0.15) is 43.4 Å². The van der Waals surface area contributed by atoms with Crippen molar-refractivity contribution in [2.45, 2.75) is 46.1 Å². The van der Waals surface area contributed by atoms with Gasteiger partial charge in [-0.05, 0) is 61.1 Å². The predicted molar refractivity (Wildman–Crippen MR) is 116 cm³/mol. The van der Waals surface area contributed by atoms with Crippen LogP contribution >= 0.6 is 15.9 Å². The molecule has 0 aliphatic carbocycles. The number of hydrogen-bond donors (Lipinski definition) is 1. The van der Waals surface area contributed by atoms with Crippen LogP contribution in [0.5, 0.6) is 0 Å². The molecule has 0 bridgehead atoms. The van der Waals surface area contributed by atoms with Gasteiger partial charge in [-0.3, -0.25) is 9.69 Å². The normalized spacial score (nSPS) is 17.7. The molecular formula is C23H29BrN2O. The molecule has 2 aromatic carbocycles. The van der Waals surface area contributed by atoms with Crippen LogP contribution in [-0.2, 0) is 24.2 Å². The molecule has 3 rings (SSSR count). The average Bonchev–Trinajstić information content (AvgIpc) is 2.68. The van der Waals surface area contributed by atoms with Crippen molar-refractivity contribution < 1.29 is 4.79 Å². The third kappa shape index (κ3) is 5.20. The van der Waals surface area contributed by atoms with Crippen LogP contribution < -0.4 is 5.32 Å². The molecule has 2 aromatic rings. The van der Waals surface area contributed by atoms with Gasteiger partial charge in [-0.2, -0.15) is 0 Å². The van der Waals surface area contributed by atoms with E-state index in [2.05, 4.69) is 76.4 Å². The highest BCUT2D eigenvalue weighted by Crippen LogP contribution is 2.26. The molecule has 1 N–H and O–H groups in total. The van der Waals surface area contributed by atoms with Crippen molar-refractivity contribution in [1.29, 1.82) is 0 Å². The molecule has 144 valence electrons. The molecule has 0 aromatic heterocycles.